The van der Waals surface area contributed by atoms with E-state index in [2.05, 4.69) is 31.9 Å². The zero-order valence-corrected chi connectivity index (χ0v) is 78.7. The SMILES string of the molecule is CCOC(=O)Cc1ccc(OC)cc1O.CCOC(=O)Cc1ccc(OC)cc1OCc1cc(-c2cccc(CN)c2)c2oc(F)cc2c1.CCOC(=O)Cc1ccc(OC)cc1OCc1cc(Br)c2oc(F)cc2c1.COc1ccc(CC(=O)O)c(OCc2cc(-c3cccc(CN)c3)c3oc(F)cc3c2)c1.Cl.NCc1cccc(B(O)O)c1.OCc1cc(Br)c2oc(F)cc2c1.[Li+].[OH-]. The van der Waals surface area contributed by atoms with Crippen LogP contribution in [-0.4, -0.2) is 110 Å². The number of aliphatic hydroxyl groups is 1. The van der Waals surface area contributed by atoms with Crippen molar-refractivity contribution in [2.24, 2.45) is 17.2 Å². The molecule has 0 fully saturated rings. The normalized spacial score (nSPS) is 10.5. The Kier molecular flexibility index (Phi) is 43.6. The van der Waals surface area contributed by atoms with E-state index in [0.29, 0.717) is 160 Å². The summed E-state index contributed by atoms with van der Waals surface area (Å²) in [5.41, 5.74) is 30.8. The van der Waals surface area contributed by atoms with Gasteiger partial charge in [-0.1, -0.05) is 84.9 Å². The van der Waals surface area contributed by atoms with Crippen LogP contribution in [0.25, 0.3) is 66.1 Å². The molecule has 0 spiro atoms. The molecule has 135 heavy (non-hydrogen) atoms. The molecule has 4 heterocycles. The van der Waals surface area contributed by atoms with E-state index in [1.807, 2.05) is 72.8 Å². The van der Waals surface area contributed by atoms with Gasteiger partial charge in [-0.05, 0) is 193 Å². The molecule has 0 aliphatic heterocycles. The number of aromatic hydroxyl groups is 1. The third kappa shape index (κ3) is 31.7. The minimum absolute atomic E-state index is 0. The van der Waals surface area contributed by atoms with Crippen molar-refractivity contribution >= 4 is 125 Å². The van der Waals surface area contributed by atoms with E-state index in [1.54, 1.807) is 150 Å². The molecule has 12 N–H and O–H groups in total. The second-order valence-electron chi connectivity index (χ2n) is 28.9. The number of nitrogens with two attached hydrogens (primary N) is 3. The number of methoxy groups -OCH3 is 4. The molecule has 11 aromatic carbocycles. The number of fused-ring (bicyclic) bond motifs is 4. The average molecular weight is 2000 g/mol. The maximum absolute atomic E-state index is 14.0. The van der Waals surface area contributed by atoms with Gasteiger partial charge in [0.15, 0.2) is 11.2 Å². The molecule has 0 saturated carbocycles. The number of esters is 3. The van der Waals surface area contributed by atoms with Gasteiger partial charge in [0.1, 0.15) is 77.0 Å². The number of phenolic OH excluding ortho intramolecular Hbond substituents is 1. The Hall–Kier alpha value is -12.8. The molecular weight excluding hydrogens is 1900 g/mol. The summed E-state index contributed by atoms with van der Waals surface area (Å²) in [4.78, 5) is 46.2. The van der Waals surface area contributed by atoms with Crippen molar-refractivity contribution in [1.29, 1.82) is 0 Å². The van der Waals surface area contributed by atoms with Gasteiger partial charge in [-0.15, -0.1) is 12.4 Å². The standard InChI is InChI=1S/C27H26FNO5.C25H22FNO5.C20H18BrFO5.C11H14O4.C9H6BrFO2.C7H10BNO2.ClH.Li.H2O/c1-3-32-26(30)13-20-7-8-22(31-2)14-24(20)33-16-18-10-21-12-25(28)34-27(21)23(11-18)19-6-4-5-17(9-19)15-29;1-30-20-6-5-18(11-24(28)29)22(12-20)31-14-16-8-19-10-23(26)32-25(19)21(9-16)17-4-2-3-15(7-17)13-27;1-3-25-19(23)9-13-4-5-15(24-2)10-17(13)26-11-12-6-14-8-18(22)27-20(14)16(21)7-12;1-3-15-11(13)6-8-4-5-9(14-2)7-10(8)12;10-7-2-5(4-12)1-6-3-8(11)13-9(6)7;9-5-6-2-1-3-7(4-6)8(10)11;;;/h4-12,14H,3,13,15-16,29H2,1-2H3;2-10,12H,11,13-14,27H2,1H3,(H,28,29);4-8,10H,3,9,11H2,1-2H3;4-5,7,12H,3,6H2,1-2H3;1-3,12H,4H2;1-4,10-11H,5,9H2;1H;;1H2/q;;;;;;;+1;/p-1. The molecule has 0 aliphatic carbocycles. The maximum atomic E-state index is 14.0. The van der Waals surface area contributed by atoms with Gasteiger partial charge in [0.2, 0.25) is 0 Å². The quantitative estimate of drug-likeness (QED) is 0.00866. The summed E-state index contributed by atoms with van der Waals surface area (Å²) in [6.07, 6.45) is 0.0746. The summed E-state index contributed by atoms with van der Waals surface area (Å²) in [6, 6.07) is 59.7. The maximum Gasteiger partial charge on any atom is 1.00 e. The largest absolute Gasteiger partial charge is 1.00 e. The van der Waals surface area contributed by atoms with Gasteiger partial charge in [0, 0.05) is 123 Å². The number of carboxylic acids is 1. The number of carboxylic acid groups (broad SMARTS) is 1. The molecule has 36 heteroatoms. The predicted molar refractivity (Wildman–Crippen MR) is 505 cm³/mol. The van der Waals surface area contributed by atoms with E-state index in [1.165, 1.54) is 44.6 Å². The van der Waals surface area contributed by atoms with Gasteiger partial charge in [0.05, 0.1) is 89.5 Å². The van der Waals surface area contributed by atoms with Crippen LogP contribution in [0.3, 0.4) is 0 Å². The van der Waals surface area contributed by atoms with Crippen molar-refractivity contribution in [1.82, 2.24) is 0 Å². The average Bonchev–Trinajstić information content (AvgIpc) is 1.65. The van der Waals surface area contributed by atoms with E-state index in [4.69, 9.17) is 97.4 Å². The number of furan rings is 4. The Morgan fingerprint density at radius 3 is 1.06 bits per heavy atom. The molecule has 0 unspecified atom stereocenters. The predicted octanol–water partition coefficient (Wildman–Crippen LogP) is 15.7. The number of aliphatic carboxylic acids is 1. The molecule has 0 atom stereocenters. The van der Waals surface area contributed by atoms with Gasteiger partial charge in [-0.3, -0.25) is 19.2 Å². The molecular formula is C99H98BBr2ClF4LiN3O24. The fourth-order valence-corrected chi connectivity index (χ4v) is 14.6. The summed E-state index contributed by atoms with van der Waals surface area (Å²) in [6.45, 7) is 7.92. The van der Waals surface area contributed by atoms with Crippen LogP contribution in [-0.2, 0) is 105 Å². The van der Waals surface area contributed by atoms with Crippen molar-refractivity contribution < 1.29 is 151 Å². The Morgan fingerprint density at radius 1 is 0.393 bits per heavy atom. The first kappa shape index (κ1) is 109. The zero-order valence-electron chi connectivity index (χ0n) is 74.7. The number of hydrogen-bond donors (Lipinski definition) is 8. The summed E-state index contributed by atoms with van der Waals surface area (Å²) in [7, 11) is 4.76. The Labute approximate surface area is 809 Å². The fraction of sp³-hybridized carbons (Fsp3) is 0.212. The van der Waals surface area contributed by atoms with Crippen LogP contribution < -0.4 is 74.7 Å². The molecule has 27 nitrogen and oxygen atoms in total. The molecule has 0 amide bonds. The summed E-state index contributed by atoms with van der Waals surface area (Å²) < 4.78 is 129. The second kappa shape index (κ2) is 53.9. The first-order chi connectivity index (χ1) is 63.6. The molecule has 706 valence electrons. The molecule has 15 aromatic rings. The number of aliphatic hydroxyl groups excluding tert-OH is 1. The van der Waals surface area contributed by atoms with E-state index >= 15 is 0 Å². The van der Waals surface area contributed by atoms with Crippen LogP contribution in [0.5, 0.6) is 46.0 Å². The monoisotopic (exact) mass is 2000 g/mol. The van der Waals surface area contributed by atoms with Crippen LogP contribution >= 0.6 is 44.3 Å². The number of halogens is 7. The van der Waals surface area contributed by atoms with Crippen LogP contribution in [0.2, 0.25) is 0 Å². The minimum atomic E-state index is -1.40. The van der Waals surface area contributed by atoms with Crippen molar-refractivity contribution in [3.63, 3.8) is 0 Å². The Morgan fingerprint density at radius 2 is 0.711 bits per heavy atom. The molecule has 4 aromatic heterocycles. The van der Waals surface area contributed by atoms with Gasteiger partial charge in [-0.2, -0.15) is 17.6 Å². The molecule has 0 aliphatic rings. The molecule has 0 radical (unpaired) electrons. The number of benzene rings is 11. The van der Waals surface area contributed by atoms with E-state index in [0.717, 1.165) is 61.2 Å². The van der Waals surface area contributed by atoms with Crippen LogP contribution in [0, 0.1) is 24.1 Å². The first-order valence-electron chi connectivity index (χ1n) is 41.1. The number of rotatable bonds is 31. The minimum Gasteiger partial charge on any atom is -0.870 e. The Bertz CT molecular complexity index is 6480. The van der Waals surface area contributed by atoms with E-state index in [9.17, 15) is 47.0 Å². The van der Waals surface area contributed by atoms with Crippen molar-refractivity contribution in [3.8, 4) is 68.2 Å². The van der Waals surface area contributed by atoms with Crippen molar-refractivity contribution in [2.75, 3.05) is 48.3 Å². The van der Waals surface area contributed by atoms with Crippen molar-refractivity contribution in [2.45, 2.75) is 92.5 Å². The van der Waals surface area contributed by atoms with Gasteiger partial charge in [-0.25, -0.2) is 0 Å². The van der Waals surface area contributed by atoms with Crippen LogP contribution in [0.4, 0.5) is 17.6 Å². The number of carbonyl (C=O) groups excluding carboxylic acids is 3. The Balaban J connectivity index is 0.000000230. The number of ether oxygens (including phenoxy) is 10. The van der Waals surface area contributed by atoms with E-state index < -0.39 is 37.1 Å². The third-order valence-corrected chi connectivity index (χ3v) is 20.8. The van der Waals surface area contributed by atoms with Crippen LogP contribution in [0.1, 0.15) is 82.0 Å². The number of carbonyl (C=O) groups is 4. The molecule has 15 rings (SSSR count). The fourth-order valence-electron chi connectivity index (χ4n) is 13.4. The third-order valence-electron chi connectivity index (χ3n) is 19.7. The molecule has 0 bridgehead atoms. The smallest absolute Gasteiger partial charge is 0.870 e. The van der Waals surface area contributed by atoms with Crippen LogP contribution in [0.15, 0.2) is 245 Å². The van der Waals surface area contributed by atoms with Gasteiger partial charge in [0.25, 0.3) is 24.1 Å². The summed E-state index contributed by atoms with van der Waals surface area (Å²) >= 11 is 6.61. The first-order valence-corrected chi connectivity index (χ1v) is 42.6. The molecule has 0 saturated heterocycles. The topological polar surface area (TPSA) is 422 Å². The summed E-state index contributed by atoms with van der Waals surface area (Å²) in [5.74, 6) is 1.85. The van der Waals surface area contributed by atoms with E-state index in [-0.39, 0.29) is 113 Å². The zero-order chi connectivity index (χ0) is 95.1. The van der Waals surface area contributed by atoms with Crippen molar-refractivity contribution in [3.05, 3.63) is 313 Å². The second-order valence-corrected chi connectivity index (χ2v) is 30.6. The number of hydrogen-bond acceptors (Lipinski definition) is 26. The van der Waals surface area contributed by atoms with Gasteiger partial charge < -0.3 is 113 Å². The van der Waals surface area contributed by atoms with Gasteiger partial charge >= 0.3 is 49.9 Å². The number of phenols is 1. The summed E-state index contributed by atoms with van der Waals surface area (Å²) in [5, 5.41) is 47.7.